The Morgan fingerprint density at radius 3 is 2.87 bits per heavy atom. The molecule has 3 heterocycles. The summed E-state index contributed by atoms with van der Waals surface area (Å²) in [4.78, 5) is 5.45. The van der Waals surface area contributed by atoms with Gasteiger partial charge < -0.3 is 5.11 Å². The highest BCUT2D eigenvalue weighted by Gasteiger charge is 2.39. The first-order valence-corrected chi connectivity index (χ1v) is 9.42. The van der Waals surface area contributed by atoms with Crippen LogP contribution >= 0.6 is 11.8 Å². The average Bonchev–Trinajstić information content (AvgIpc) is 2.73. The lowest BCUT2D eigenvalue weighted by molar-refractivity contribution is 0.0300. The summed E-state index contributed by atoms with van der Waals surface area (Å²) in [6.07, 6.45) is 2.81. The minimum absolute atomic E-state index is 0.140. The summed E-state index contributed by atoms with van der Waals surface area (Å²) in [5.41, 5.74) is 4.52. The summed E-state index contributed by atoms with van der Waals surface area (Å²) in [6, 6.07) is 16.1. The van der Waals surface area contributed by atoms with Crippen LogP contribution in [0.1, 0.15) is 41.5 Å². The van der Waals surface area contributed by atoms with E-state index in [1.54, 1.807) is 5.56 Å². The van der Waals surface area contributed by atoms with Crippen molar-refractivity contribution in [2.24, 2.45) is 0 Å². The molecule has 0 bridgehead atoms. The molecule has 0 amide bonds. The molecule has 1 fully saturated rings. The molecule has 2 aromatic rings. The molecule has 2 aromatic carbocycles. The summed E-state index contributed by atoms with van der Waals surface area (Å²) in [7, 11) is 0. The van der Waals surface area contributed by atoms with Crippen LogP contribution in [0.4, 0.5) is 0 Å². The van der Waals surface area contributed by atoms with Crippen molar-refractivity contribution in [3.8, 4) is 0 Å². The molecule has 23 heavy (non-hydrogen) atoms. The molecule has 0 unspecified atom stereocenters. The molecule has 0 aliphatic carbocycles. The number of hydrogen-bond donors (Lipinski definition) is 1. The molecular weight excluding hydrogens is 302 g/mol. The summed E-state index contributed by atoms with van der Waals surface area (Å²) in [5.74, 6) is 0.587. The van der Waals surface area contributed by atoms with Crippen molar-refractivity contribution in [2.45, 2.75) is 47.1 Å². The van der Waals surface area contributed by atoms with Crippen LogP contribution in [0.25, 0.3) is 0 Å². The third-order valence-corrected chi connectivity index (χ3v) is 6.86. The van der Waals surface area contributed by atoms with E-state index < -0.39 is 0 Å². The van der Waals surface area contributed by atoms with E-state index in [1.807, 2.05) is 11.8 Å². The number of aliphatic hydroxyl groups excluding tert-OH is 1. The Hall–Kier alpha value is -1.29. The van der Waals surface area contributed by atoms with Crippen LogP contribution in [0, 0.1) is 0 Å². The van der Waals surface area contributed by atoms with Crippen LogP contribution in [0.2, 0.25) is 0 Å². The second kappa shape index (κ2) is 5.37. The Balaban J connectivity index is 1.66. The van der Waals surface area contributed by atoms with Gasteiger partial charge in [0, 0.05) is 34.8 Å². The van der Waals surface area contributed by atoms with Crippen LogP contribution in [0.15, 0.2) is 52.3 Å². The zero-order chi connectivity index (χ0) is 15.4. The van der Waals surface area contributed by atoms with E-state index in [0.717, 1.165) is 32.4 Å². The maximum Gasteiger partial charge on any atom is 0.0570 e. The van der Waals surface area contributed by atoms with Gasteiger partial charge >= 0.3 is 0 Å². The molecule has 118 valence electrons. The smallest absolute Gasteiger partial charge is 0.0570 e. The predicted octanol–water partition coefficient (Wildman–Crippen LogP) is 3.99. The van der Waals surface area contributed by atoms with Crippen molar-refractivity contribution in [1.29, 1.82) is 0 Å². The Kier molecular flexibility index (Phi) is 3.29. The monoisotopic (exact) mass is 323 g/mol. The highest BCUT2D eigenvalue weighted by atomic mass is 32.2. The normalized spacial score (nSPS) is 29.2. The maximum absolute atomic E-state index is 10.1. The Bertz CT molecular complexity index is 759. The lowest BCUT2D eigenvalue weighted by atomic mass is 9.79. The van der Waals surface area contributed by atoms with Gasteiger partial charge in [0.15, 0.2) is 0 Å². The van der Waals surface area contributed by atoms with Gasteiger partial charge in [0.05, 0.1) is 6.10 Å². The van der Waals surface area contributed by atoms with E-state index in [-0.39, 0.29) is 6.10 Å². The maximum atomic E-state index is 10.1. The largest absolute Gasteiger partial charge is 0.393 e. The van der Waals surface area contributed by atoms with E-state index in [1.165, 1.54) is 20.9 Å². The number of hydrogen-bond acceptors (Lipinski definition) is 3. The molecule has 0 saturated carbocycles. The molecule has 3 aliphatic rings. The number of nitrogens with zero attached hydrogens (tertiary/aromatic N) is 1. The topological polar surface area (TPSA) is 23.5 Å². The second-order valence-corrected chi connectivity index (χ2v) is 8.14. The third kappa shape index (κ3) is 2.25. The van der Waals surface area contributed by atoms with Crippen LogP contribution in [0.5, 0.6) is 0 Å². The lowest BCUT2D eigenvalue weighted by Crippen LogP contribution is -2.44. The zero-order valence-corrected chi connectivity index (χ0v) is 13.9. The molecule has 0 spiro atoms. The minimum Gasteiger partial charge on any atom is -0.393 e. The summed E-state index contributed by atoms with van der Waals surface area (Å²) >= 11 is 1.93. The Morgan fingerprint density at radius 2 is 1.91 bits per heavy atom. The minimum atomic E-state index is -0.140. The first-order valence-electron chi connectivity index (χ1n) is 8.60. The van der Waals surface area contributed by atoms with E-state index in [9.17, 15) is 5.11 Å². The highest BCUT2D eigenvalue weighted by molar-refractivity contribution is 7.99. The fourth-order valence-corrected chi connectivity index (χ4v) is 5.82. The van der Waals surface area contributed by atoms with Gasteiger partial charge in [0.1, 0.15) is 0 Å². The van der Waals surface area contributed by atoms with Crippen LogP contribution in [-0.2, 0) is 6.42 Å². The van der Waals surface area contributed by atoms with Crippen molar-refractivity contribution in [3.63, 3.8) is 0 Å². The molecule has 3 atom stereocenters. The SMILES string of the molecule is O[C@H]1CCN2C[C@@H]3Cc4ccccc4Sc4cccc(c43)[C@H]2C1. The number of rotatable bonds is 0. The van der Waals surface area contributed by atoms with Crippen molar-refractivity contribution in [3.05, 3.63) is 59.2 Å². The number of aliphatic hydroxyl groups is 1. The predicted molar refractivity (Wildman–Crippen MR) is 93.0 cm³/mol. The summed E-state index contributed by atoms with van der Waals surface area (Å²) in [6.45, 7) is 2.16. The summed E-state index contributed by atoms with van der Waals surface area (Å²) in [5, 5.41) is 10.1. The molecule has 3 heteroatoms. The number of piperidine rings is 1. The molecule has 5 rings (SSSR count). The average molecular weight is 323 g/mol. The molecule has 3 aliphatic heterocycles. The van der Waals surface area contributed by atoms with Gasteiger partial charge in [0.2, 0.25) is 0 Å². The molecule has 1 N–H and O–H groups in total. The first-order chi connectivity index (χ1) is 11.3. The van der Waals surface area contributed by atoms with Gasteiger partial charge in [-0.1, -0.05) is 42.1 Å². The fourth-order valence-electron chi connectivity index (χ4n) is 4.61. The lowest BCUT2D eigenvalue weighted by Gasteiger charge is -2.45. The number of fused-ring (bicyclic) bond motifs is 3. The van der Waals surface area contributed by atoms with Crippen LogP contribution in [-0.4, -0.2) is 29.2 Å². The molecule has 0 aromatic heterocycles. The molecule has 0 radical (unpaired) electrons. The van der Waals surface area contributed by atoms with E-state index in [0.29, 0.717) is 12.0 Å². The van der Waals surface area contributed by atoms with Crippen LogP contribution < -0.4 is 0 Å². The van der Waals surface area contributed by atoms with Crippen LogP contribution in [0.3, 0.4) is 0 Å². The Morgan fingerprint density at radius 1 is 1.04 bits per heavy atom. The first kappa shape index (κ1) is 14.1. The van der Waals surface area contributed by atoms with Gasteiger partial charge in [-0.3, -0.25) is 4.90 Å². The van der Waals surface area contributed by atoms with Gasteiger partial charge in [-0.15, -0.1) is 0 Å². The van der Waals surface area contributed by atoms with Crippen molar-refractivity contribution >= 4 is 11.8 Å². The van der Waals surface area contributed by atoms with Gasteiger partial charge in [-0.2, -0.15) is 0 Å². The standard InChI is InChI=1S/C20H21NOS/c22-15-8-9-21-12-14-10-13-4-1-2-6-18(13)23-19-7-3-5-16(20(14)19)17(21)11-15/h1-7,14-15,17,22H,8-12H2/t14-,15-,17+/m0/s1. The second-order valence-electron chi connectivity index (χ2n) is 7.06. The summed E-state index contributed by atoms with van der Waals surface area (Å²) < 4.78 is 0. The van der Waals surface area contributed by atoms with Crippen molar-refractivity contribution < 1.29 is 5.11 Å². The number of benzene rings is 2. The molecular formula is C20H21NOS. The van der Waals surface area contributed by atoms with Gasteiger partial charge in [-0.25, -0.2) is 0 Å². The van der Waals surface area contributed by atoms with E-state index >= 15 is 0 Å². The quantitative estimate of drug-likeness (QED) is 0.793. The van der Waals surface area contributed by atoms with Gasteiger partial charge in [0.25, 0.3) is 0 Å². The Labute approximate surface area is 141 Å². The van der Waals surface area contributed by atoms with Gasteiger partial charge in [-0.05, 0) is 48.1 Å². The van der Waals surface area contributed by atoms with Crippen molar-refractivity contribution in [1.82, 2.24) is 4.90 Å². The van der Waals surface area contributed by atoms with Crippen molar-refractivity contribution in [2.75, 3.05) is 13.1 Å². The third-order valence-electron chi connectivity index (χ3n) is 5.67. The highest BCUT2D eigenvalue weighted by Crippen LogP contribution is 2.49. The zero-order valence-electron chi connectivity index (χ0n) is 13.1. The van der Waals surface area contributed by atoms with E-state index in [4.69, 9.17) is 0 Å². The molecule has 1 saturated heterocycles. The molecule has 2 nitrogen and oxygen atoms in total. The van der Waals surface area contributed by atoms with E-state index in [2.05, 4.69) is 47.4 Å². The fraction of sp³-hybridized carbons (Fsp3) is 0.400.